The summed E-state index contributed by atoms with van der Waals surface area (Å²) in [5.74, 6) is -0.482. The first-order valence-electron chi connectivity index (χ1n) is 10.3. The highest BCUT2D eigenvalue weighted by Gasteiger charge is 2.35. The van der Waals surface area contributed by atoms with Crippen LogP contribution in [0.2, 0.25) is 15.1 Å². The number of benzene rings is 3. The Kier molecular flexibility index (Phi) is 8.03. The molecule has 0 spiro atoms. The molecular weight excluding hydrogens is 531 g/mol. The summed E-state index contributed by atoms with van der Waals surface area (Å²) in [6.45, 7) is -0.114. The monoisotopic (exact) mass is 546 g/mol. The normalized spacial score (nSPS) is 14.5. The Morgan fingerprint density at radius 3 is 2.43 bits per heavy atom. The third-order valence-electron chi connectivity index (χ3n) is 4.89. The number of hydrogen-bond acceptors (Lipinski definition) is 5. The van der Waals surface area contributed by atoms with Gasteiger partial charge >= 0.3 is 0 Å². The highest BCUT2D eigenvalue weighted by atomic mass is 35.5. The molecular formula is C25H17Cl3N2O4S. The second-order valence-electron chi connectivity index (χ2n) is 7.40. The molecule has 0 aromatic heterocycles. The van der Waals surface area contributed by atoms with Crippen molar-refractivity contribution in [2.75, 3.05) is 11.9 Å². The van der Waals surface area contributed by atoms with Gasteiger partial charge in [-0.15, -0.1) is 0 Å². The molecule has 1 saturated heterocycles. The lowest BCUT2D eigenvalue weighted by Gasteiger charge is -2.12. The maximum atomic E-state index is 12.8. The zero-order valence-electron chi connectivity index (χ0n) is 18.0. The zero-order chi connectivity index (χ0) is 24.9. The number of ether oxygens (including phenoxy) is 1. The average molecular weight is 548 g/mol. The van der Waals surface area contributed by atoms with Crippen molar-refractivity contribution in [2.45, 2.75) is 6.54 Å². The predicted octanol–water partition coefficient (Wildman–Crippen LogP) is 6.90. The lowest BCUT2D eigenvalue weighted by atomic mass is 10.2. The fraction of sp³-hybridized carbons (Fsp3) is 0.0800. The molecule has 0 radical (unpaired) electrons. The van der Waals surface area contributed by atoms with Crippen LogP contribution in [0.25, 0.3) is 6.08 Å². The van der Waals surface area contributed by atoms with E-state index in [0.29, 0.717) is 27.0 Å². The van der Waals surface area contributed by atoms with Crippen LogP contribution in [0.15, 0.2) is 71.6 Å². The lowest BCUT2D eigenvalue weighted by Crippen LogP contribution is -2.27. The van der Waals surface area contributed by atoms with E-state index in [9.17, 15) is 14.4 Å². The summed E-state index contributed by atoms with van der Waals surface area (Å²) in [7, 11) is 0. The van der Waals surface area contributed by atoms with E-state index in [0.717, 1.165) is 17.3 Å². The molecule has 0 aliphatic carbocycles. The van der Waals surface area contributed by atoms with Gasteiger partial charge in [0.05, 0.1) is 27.2 Å². The second kappa shape index (κ2) is 11.2. The van der Waals surface area contributed by atoms with Crippen LogP contribution in [0.4, 0.5) is 10.5 Å². The van der Waals surface area contributed by atoms with Gasteiger partial charge in [0, 0.05) is 5.02 Å². The molecule has 1 heterocycles. The Balaban J connectivity index is 1.39. The molecule has 1 N–H and O–H groups in total. The summed E-state index contributed by atoms with van der Waals surface area (Å²) in [5.41, 5.74) is 1.88. The first-order chi connectivity index (χ1) is 16.8. The van der Waals surface area contributed by atoms with Gasteiger partial charge in [0.2, 0.25) is 0 Å². The minimum absolute atomic E-state index is 0.156. The molecule has 4 rings (SSSR count). The van der Waals surface area contributed by atoms with E-state index in [4.69, 9.17) is 39.5 Å². The van der Waals surface area contributed by atoms with Gasteiger partial charge in [-0.1, -0.05) is 65.1 Å². The number of imide groups is 1. The van der Waals surface area contributed by atoms with Crippen molar-refractivity contribution in [3.05, 3.63) is 97.8 Å². The first-order valence-corrected chi connectivity index (χ1v) is 12.2. The van der Waals surface area contributed by atoms with Gasteiger partial charge in [-0.3, -0.25) is 19.3 Å². The van der Waals surface area contributed by atoms with Crippen LogP contribution in [0.5, 0.6) is 5.75 Å². The van der Waals surface area contributed by atoms with Crippen molar-refractivity contribution in [1.29, 1.82) is 0 Å². The Morgan fingerprint density at radius 1 is 0.971 bits per heavy atom. The third-order valence-corrected chi connectivity index (χ3v) is 6.67. The van der Waals surface area contributed by atoms with Gasteiger partial charge in [0.1, 0.15) is 5.75 Å². The highest BCUT2D eigenvalue weighted by molar-refractivity contribution is 8.18. The van der Waals surface area contributed by atoms with Gasteiger partial charge in [-0.05, 0) is 65.4 Å². The number of amides is 3. The fourth-order valence-electron chi connectivity index (χ4n) is 3.18. The van der Waals surface area contributed by atoms with E-state index in [1.807, 2.05) is 0 Å². The highest BCUT2D eigenvalue weighted by Crippen LogP contribution is 2.34. The summed E-state index contributed by atoms with van der Waals surface area (Å²) in [6.07, 6.45) is 1.59. The summed E-state index contributed by atoms with van der Waals surface area (Å²) in [4.78, 5) is 38.8. The van der Waals surface area contributed by atoms with Crippen molar-refractivity contribution in [3.63, 3.8) is 0 Å². The van der Waals surface area contributed by atoms with Crippen LogP contribution in [0.3, 0.4) is 0 Å². The molecule has 0 saturated carbocycles. The average Bonchev–Trinajstić information content (AvgIpc) is 3.08. The van der Waals surface area contributed by atoms with Crippen molar-refractivity contribution < 1.29 is 19.1 Å². The van der Waals surface area contributed by atoms with Crippen LogP contribution in [0.1, 0.15) is 11.1 Å². The number of carbonyl (C=O) groups excluding carboxylic acids is 3. The second-order valence-corrected chi connectivity index (χ2v) is 9.64. The Morgan fingerprint density at radius 2 is 1.71 bits per heavy atom. The van der Waals surface area contributed by atoms with E-state index >= 15 is 0 Å². The number of halogens is 3. The molecule has 0 atom stereocenters. The summed E-state index contributed by atoms with van der Waals surface area (Å²) < 4.78 is 5.51. The first kappa shape index (κ1) is 25.1. The molecule has 0 unspecified atom stereocenters. The molecule has 1 aliphatic heterocycles. The maximum absolute atomic E-state index is 12.8. The standard InChI is InChI=1S/C25H17Cl3N2O4S/c26-17-8-5-15(6-9-17)13-30-24(32)22(35-25(30)33)12-16-7-10-21(19(28)11-16)34-14-23(31)29-20-4-2-1-3-18(20)27/h1-12H,13-14H2,(H,29,31)/b22-12-. The van der Waals surface area contributed by atoms with Crippen LogP contribution >= 0.6 is 46.6 Å². The smallest absolute Gasteiger partial charge is 0.293 e. The molecule has 0 bridgehead atoms. The molecule has 3 aromatic carbocycles. The molecule has 10 heteroatoms. The van der Waals surface area contributed by atoms with Crippen LogP contribution in [0, 0.1) is 0 Å². The molecule has 1 fully saturated rings. The quantitative estimate of drug-likeness (QED) is 0.326. The largest absolute Gasteiger partial charge is 0.482 e. The topological polar surface area (TPSA) is 75.7 Å². The number of carbonyl (C=O) groups is 3. The van der Waals surface area contributed by atoms with E-state index in [1.54, 1.807) is 72.8 Å². The molecule has 3 amide bonds. The summed E-state index contributed by atoms with van der Waals surface area (Å²) in [6, 6.07) is 18.7. The fourth-order valence-corrected chi connectivity index (χ4v) is 4.57. The Bertz CT molecular complexity index is 1330. The molecule has 3 aromatic rings. The minimum atomic E-state index is -0.396. The van der Waals surface area contributed by atoms with Gasteiger partial charge in [0.15, 0.2) is 6.61 Å². The van der Waals surface area contributed by atoms with Gasteiger partial charge in [-0.25, -0.2) is 0 Å². The van der Waals surface area contributed by atoms with Crippen LogP contribution < -0.4 is 10.1 Å². The number of thioether (sulfide) groups is 1. The lowest BCUT2D eigenvalue weighted by molar-refractivity contribution is -0.123. The molecule has 1 aliphatic rings. The third kappa shape index (κ3) is 6.38. The van der Waals surface area contributed by atoms with Crippen molar-refractivity contribution in [2.24, 2.45) is 0 Å². The van der Waals surface area contributed by atoms with E-state index in [1.165, 1.54) is 4.90 Å². The molecule has 178 valence electrons. The maximum Gasteiger partial charge on any atom is 0.293 e. The van der Waals surface area contributed by atoms with Gasteiger partial charge < -0.3 is 10.1 Å². The van der Waals surface area contributed by atoms with Crippen molar-refractivity contribution >= 4 is 75.4 Å². The number of anilines is 1. The summed E-state index contributed by atoms with van der Waals surface area (Å²) in [5, 5.41) is 3.55. The SMILES string of the molecule is O=C(COc1ccc(/C=C2\SC(=O)N(Cc3ccc(Cl)cc3)C2=O)cc1Cl)Nc1ccccc1Cl. The molecule has 35 heavy (non-hydrogen) atoms. The van der Waals surface area contributed by atoms with Crippen LogP contribution in [-0.2, 0) is 16.1 Å². The summed E-state index contributed by atoms with van der Waals surface area (Å²) >= 11 is 19.1. The number of hydrogen-bond donors (Lipinski definition) is 1. The molecule has 6 nitrogen and oxygen atoms in total. The van der Waals surface area contributed by atoms with Crippen molar-refractivity contribution in [1.82, 2.24) is 4.90 Å². The van der Waals surface area contributed by atoms with Gasteiger partial charge in [-0.2, -0.15) is 0 Å². The van der Waals surface area contributed by atoms with Gasteiger partial charge in [0.25, 0.3) is 17.1 Å². The number of rotatable bonds is 7. The Labute approximate surface area is 220 Å². The van der Waals surface area contributed by atoms with E-state index < -0.39 is 5.91 Å². The van der Waals surface area contributed by atoms with Crippen molar-refractivity contribution in [3.8, 4) is 5.75 Å². The zero-order valence-corrected chi connectivity index (χ0v) is 21.0. The Hall–Kier alpha value is -2.97. The van der Waals surface area contributed by atoms with E-state index in [2.05, 4.69) is 5.32 Å². The number of nitrogens with one attached hydrogen (secondary N) is 1. The van der Waals surface area contributed by atoms with Crippen LogP contribution in [-0.4, -0.2) is 28.6 Å². The predicted molar refractivity (Wildman–Crippen MR) is 140 cm³/mol. The minimum Gasteiger partial charge on any atom is -0.482 e. The van der Waals surface area contributed by atoms with E-state index in [-0.39, 0.29) is 34.2 Å². The number of para-hydroxylation sites is 1. The number of nitrogens with zero attached hydrogens (tertiary/aromatic N) is 1.